The van der Waals surface area contributed by atoms with Crippen LogP contribution in [0.15, 0.2) is 18.2 Å². The number of carbonyl (C=O) groups excluding carboxylic acids is 2. The second-order valence-electron chi connectivity index (χ2n) is 10.7. The van der Waals surface area contributed by atoms with Gasteiger partial charge >= 0.3 is 0 Å². The van der Waals surface area contributed by atoms with E-state index in [4.69, 9.17) is 9.47 Å². The Morgan fingerprint density at radius 2 is 1.88 bits per heavy atom. The van der Waals surface area contributed by atoms with Crippen LogP contribution in [0.25, 0.3) is 0 Å². The van der Waals surface area contributed by atoms with Crippen molar-refractivity contribution in [2.24, 2.45) is 17.8 Å². The average molecular weight is 472 g/mol. The lowest BCUT2D eigenvalue weighted by atomic mass is 10.0. The Morgan fingerprint density at radius 3 is 2.56 bits per heavy atom. The standard InChI is InChI=1S/C27H41N3O4/c1-18-14-30(15-20-9-10-20)19(2)17-34-24-13-22(28-26(31)21-7-5-6-8-21)11-12-23(24)27(32)29(3)16-25(18)33-4/h11-13,18-21,25H,5-10,14-17H2,1-4H3,(H,28,31)/t18-,19+,25-/m0/s1. The Bertz CT molecular complexity index is 865. The highest BCUT2D eigenvalue weighted by molar-refractivity contribution is 5.98. The van der Waals surface area contributed by atoms with Gasteiger partial charge in [-0.25, -0.2) is 0 Å². The molecule has 2 aliphatic carbocycles. The second-order valence-corrected chi connectivity index (χ2v) is 10.7. The van der Waals surface area contributed by atoms with Gasteiger partial charge in [0.05, 0.1) is 11.7 Å². The molecule has 1 aromatic carbocycles. The molecule has 2 saturated carbocycles. The number of ether oxygens (including phenoxy) is 2. The molecule has 7 heteroatoms. The van der Waals surface area contributed by atoms with Crippen LogP contribution in [0.5, 0.6) is 5.75 Å². The van der Waals surface area contributed by atoms with E-state index in [9.17, 15) is 9.59 Å². The molecule has 34 heavy (non-hydrogen) atoms. The summed E-state index contributed by atoms with van der Waals surface area (Å²) in [4.78, 5) is 30.3. The number of hydrogen-bond acceptors (Lipinski definition) is 5. The minimum Gasteiger partial charge on any atom is -0.491 e. The van der Waals surface area contributed by atoms with E-state index in [1.54, 1.807) is 18.1 Å². The van der Waals surface area contributed by atoms with Gasteiger partial charge in [-0.3, -0.25) is 14.5 Å². The van der Waals surface area contributed by atoms with Gasteiger partial charge in [-0.15, -0.1) is 0 Å². The van der Waals surface area contributed by atoms with Gasteiger partial charge < -0.3 is 19.7 Å². The molecule has 0 aromatic heterocycles. The van der Waals surface area contributed by atoms with Crippen molar-refractivity contribution in [2.45, 2.75) is 64.5 Å². The molecule has 1 heterocycles. The number of carbonyl (C=O) groups is 2. The SMILES string of the molecule is CO[C@H]1CN(C)C(=O)c2ccc(NC(=O)C3CCCC3)cc2OC[C@@H](C)N(CC2CC2)C[C@@H]1C. The smallest absolute Gasteiger partial charge is 0.257 e. The normalized spacial score (nSPS) is 27.5. The summed E-state index contributed by atoms with van der Waals surface area (Å²) >= 11 is 0. The van der Waals surface area contributed by atoms with Gasteiger partial charge in [0, 0.05) is 57.5 Å². The number of nitrogens with one attached hydrogen (secondary N) is 1. The molecule has 4 rings (SSSR count). The number of amides is 2. The first-order valence-corrected chi connectivity index (χ1v) is 13.0. The number of methoxy groups -OCH3 is 1. The van der Waals surface area contributed by atoms with E-state index >= 15 is 0 Å². The van der Waals surface area contributed by atoms with Gasteiger partial charge in [0.25, 0.3) is 5.91 Å². The Labute approximate surface area is 204 Å². The number of fused-ring (bicyclic) bond motifs is 1. The van der Waals surface area contributed by atoms with Crippen molar-refractivity contribution in [3.05, 3.63) is 23.8 Å². The number of rotatable bonds is 5. The van der Waals surface area contributed by atoms with Crippen LogP contribution >= 0.6 is 0 Å². The number of hydrogen-bond donors (Lipinski definition) is 1. The van der Waals surface area contributed by atoms with Crippen molar-refractivity contribution in [2.75, 3.05) is 45.7 Å². The van der Waals surface area contributed by atoms with Crippen LogP contribution in [-0.2, 0) is 9.53 Å². The first-order chi connectivity index (χ1) is 16.4. The third-order valence-corrected chi connectivity index (χ3v) is 7.76. The molecule has 2 amide bonds. The topological polar surface area (TPSA) is 71.1 Å². The zero-order valence-corrected chi connectivity index (χ0v) is 21.2. The molecular weight excluding hydrogens is 430 g/mol. The number of nitrogens with zero attached hydrogens (tertiary/aromatic N) is 2. The van der Waals surface area contributed by atoms with Crippen LogP contribution in [0, 0.1) is 17.8 Å². The Morgan fingerprint density at radius 1 is 1.15 bits per heavy atom. The van der Waals surface area contributed by atoms with Gasteiger partial charge in [-0.2, -0.15) is 0 Å². The molecule has 188 valence electrons. The summed E-state index contributed by atoms with van der Waals surface area (Å²) < 4.78 is 12.1. The maximum Gasteiger partial charge on any atom is 0.257 e. The first kappa shape index (κ1) is 25.0. The lowest BCUT2D eigenvalue weighted by Crippen LogP contribution is -2.47. The van der Waals surface area contributed by atoms with Gasteiger partial charge in [-0.05, 0) is 56.6 Å². The molecular formula is C27H41N3O4. The van der Waals surface area contributed by atoms with E-state index in [-0.39, 0.29) is 35.8 Å². The summed E-state index contributed by atoms with van der Waals surface area (Å²) in [5, 5.41) is 3.05. The number of benzene rings is 1. The predicted molar refractivity (Wildman–Crippen MR) is 133 cm³/mol. The molecule has 0 radical (unpaired) electrons. The minimum absolute atomic E-state index is 0.0448. The molecule has 3 aliphatic rings. The van der Waals surface area contributed by atoms with Crippen molar-refractivity contribution in [1.82, 2.24) is 9.80 Å². The quantitative estimate of drug-likeness (QED) is 0.702. The Balaban J connectivity index is 1.58. The van der Waals surface area contributed by atoms with Crippen LogP contribution in [-0.4, -0.2) is 74.2 Å². The van der Waals surface area contributed by atoms with E-state index in [2.05, 4.69) is 24.1 Å². The largest absolute Gasteiger partial charge is 0.491 e. The summed E-state index contributed by atoms with van der Waals surface area (Å²) in [5.41, 5.74) is 1.20. The molecule has 1 aliphatic heterocycles. The van der Waals surface area contributed by atoms with Crippen molar-refractivity contribution in [1.29, 1.82) is 0 Å². The van der Waals surface area contributed by atoms with Crippen LogP contribution in [0.1, 0.15) is 62.7 Å². The molecule has 1 aromatic rings. The fourth-order valence-electron chi connectivity index (χ4n) is 5.24. The van der Waals surface area contributed by atoms with Crippen molar-refractivity contribution in [3.63, 3.8) is 0 Å². The lowest BCUT2D eigenvalue weighted by Gasteiger charge is -2.36. The van der Waals surface area contributed by atoms with Gasteiger partial charge in [0.15, 0.2) is 0 Å². The van der Waals surface area contributed by atoms with Crippen LogP contribution in [0.2, 0.25) is 0 Å². The summed E-state index contributed by atoms with van der Waals surface area (Å²) in [5.74, 6) is 1.64. The first-order valence-electron chi connectivity index (χ1n) is 13.0. The fraction of sp³-hybridized carbons (Fsp3) is 0.704. The fourth-order valence-corrected chi connectivity index (χ4v) is 5.24. The number of likely N-dealkylation sites (N-methyl/N-ethyl adjacent to an activating group) is 1. The van der Waals surface area contributed by atoms with E-state index in [0.717, 1.165) is 44.7 Å². The maximum absolute atomic E-state index is 13.4. The third-order valence-electron chi connectivity index (χ3n) is 7.76. The second kappa shape index (κ2) is 11.1. The highest BCUT2D eigenvalue weighted by Gasteiger charge is 2.32. The van der Waals surface area contributed by atoms with Gasteiger partial charge in [0.2, 0.25) is 5.91 Å². The molecule has 7 nitrogen and oxygen atoms in total. The zero-order chi connectivity index (χ0) is 24.2. The van der Waals surface area contributed by atoms with Crippen molar-refractivity contribution in [3.8, 4) is 5.75 Å². The van der Waals surface area contributed by atoms with Crippen molar-refractivity contribution < 1.29 is 19.1 Å². The van der Waals surface area contributed by atoms with Crippen molar-refractivity contribution >= 4 is 17.5 Å². The average Bonchev–Trinajstić information content (AvgIpc) is 3.47. The van der Waals surface area contributed by atoms with E-state index in [1.807, 2.05) is 19.2 Å². The highest BCUT2D eigenvalue weighted by atomic mass is 16.5. The highest BCUT2D eigenvalue weighted by Crippen LogP contribution is 2.32. The molecule has 1 N–H and O–H groups in total. The molecule has 0 saturated heterocycles. The van der Waals surface area contributed by atoms with Gasteiger partial charge in [0.1, 0.15) is 12.4 Å². The van der Waals surface area contributed by atoms with E-state index in [0.29, 0.717) is 30.2 Å². The minimum atomic E-state index is -0.0963. The maximum atomic E-state index is 13.4. The Kier molecular flexibility index (Phi) is 8.14. The van der Waals surface area contributed by atoms with E-state index in [1.165, 1.54) is 12.8 Å². The summed E-state index contributed by atoms with van der Waals surface area (Å²) in [6.45, 7) is 7.39. The van der Waals surface area contributed by atoms with E-state index < -0.39 is 0 Å². The molecule has 2 fully saturated rings. The Hall–Kier alpha value is -2.12. The summed E-state index contributed by atoms with van der Waals surface area (Å²) in [6.07, 6.45) is 6.68. The van der Waals surface area contributed by atoms with Crippen LogP contribution < -0.4 is 10.1 Å². The molecule has 0 bridgehead atoms. The lowest BCUT2D eigenvalue weighted by molar-refractivity contribution is -0.119. The number of anilines is 1. The third kappa shape index (κ3) is 6.11. The monoisotopic (exact) mass is 471 g/mol. The van der Waals surface area contributed by atoms with Gasteiger partial charge in [-0.1, -0.05) is 19.8 Å². The summed E-state index contributed by atoms with van der Waals surface area (Å²) in [6, 6.07) is 5.61. The molecule has 3 atom stereocenters. The summed E-state index contributed by atoms with van der Waals surface area (Å²) in [7, 11) is 3.55. The molecule has 0 unspecified atom stereocenters. The molecule has 0 spiro atoms. The predicted octanol–water partition coefficient (Wildman–Crippen LogP) is 4.03. The van der Waals surface area contributed by atoms with Crippen LogP contribution in [0.3, 0.4) is 0 Å². The van der Waals surface area contributed by atoms with Crippen LogP contribution in [0.4, 0.5) is 5.69 Å². The zero-order valence-electron chi connectivity index (χ0n) is 21.2.